The quantitative estimate of drug-likeness (QED) is 0.0222. The molecule has 0 bridgehead atoms. The largest absolute Gasteiger partial charge is 0.472 e. The van der Waals surface area contributed by atoms with Crippen molar-refractivity contribution in [1.82, 2.24) is 0 Å². The number of carbonyl (C=O) groups is 4. The lowest BCUT2D eigenvalue weighted by Crippen LogP contribution is -2.30. The third-order valence-corrected chi connectivity index (χ3v) is 19.2. The van der Waals surface area contributed by atoms with Gasteiger partial charge in [0.1, 0.15) is 19.3 Å². The fraction of sp³-hybridized carbons (Fsp3) is 0.945. The third-order valence-electron chi connectivity index (χ3n) is 17.3. The van der Waals surface area contributed by atoms with E-state index in [2.05, 4.69) is 41.5 Å². The average Bonchev–Trinajstić information content (AvgIpc) is 2.40. The molecule has 0 aromatic rings. The molecule has 0 heterocycles. The number of esters is 4. The highest BCUT2D eigenvalue weighted by Gasteiger charge is 2.30. The van der Waals surface area contributed by atoms with Gasteiger partial charge in [-0.15, -0.1) is 0 Å². The molecule has 0 fully saturated rings. The van der Waals surface area contributed by atoms with Crippen molar-refractivity contribution >= 4 is 39.5 Å². The number of phosphoric ester groups is 2. The molecule has 0 radical (unpaired) electrons. The second-order valence-electron chi connectivity index (χ2n) is 27.1. The molecule has 0 aliphatic heterocycles. The lowest BCUT2D eigenvalue weighted by atomic mass is 10.00. The summed E-state index contributed by atoms with van der Waals surface area (Å²) < 4.78 is 68.4. The van der Waals surface area contributed by atoms with Gasteiger partial charge >= 0.3 is 39.5 Å². The van der Waals surface area contributed by atoms with Crippen molar-refractivity contribution in [3.05, 3.63) is 0 Å². The Morgan fingerprint density at radius 1 is 0.315 bits per heavy atom. The Morgan fingerprint density at radius 2 is 0.554 bits per heavy atom. The van der Waals surface area contributed by atoms with Gasteiger partial charge in [-0.25, -0.2) is 9.13 Å². The smallest absolute Gasteiger partial charge is 0.462 e. The van der Waals surface area contributed by atoms with E-state index < -0.39 is 97.5 Å². The minimum absolute atomic E-state index is 0.106. The fourth-order valence-corrected chi connectivity index (χ4v) is 12.7. The maximum Gasteiger partial charge on any atom is 0.472 e. The molecule has 3 N–H and O–H groups in total. The minimum Gasteiger partial charge on any atom is -0.462 e. The molecule has 0 aliphatic rings. The van der Waals surface area contributed by atoms with Crippen molar-refractivity contribution in [2.75, 3.05) is 39.6 Å². The molecule has 6 atom stereocenters. The molecular weight excluding hydrogens is 1210 g/mol. The number of aliphatic hydroxyl groups excluding tert-OH is 1. The lowest BCUT2D eigenvalue weighted by Gasteiger charge is -2.21. The van der Waals surface area contributed by atoms with Crippen LogP contribution in [0.5, 0.6) is 0 Å². The summed E-state index contributed by atoms with van der Waals surface area (Å²) in [5.74, 6) is -0.585. The van der Waals surface area contributed by atoms with Gasteiger partial charge in [-0.05, 0) is 37.5 Å². The summed E-state index contributed by atoms with van der Waals surface area (Å²) in [5.41, 5.74) is 0. The van der Waals surface area contributed by atoms with Crippen LogP contribution in [0.1, 0.15) is 375 Å². The van der Waals surface area contributed by atoms with Gasteiger partial charge in [-0.1, -0.05) is 324 Å². The number of hydrogen-bond donors (Lipinski definition) is 3. The number of unbranched alkanes of at least 4 members (excludes halogenated alkanes) is 41. The van der Waals surface area contributed by atoms with Crippen LogP contribution in [0.15, 0.2) is 0 Å². The molecule has 17 nitrogen and oxygen atoms in total. The number of phosphoric acid groups is 2. The Morgan fingerprint density at radius 3 is 0.826 bits per heavy atom. The van der Waals surface area contributed by atoms with Crippen LogP contribution in [0.25, 0.3) is 0 Å². The van der Waals surface area contributed by atoms with Crippen LogP contribution in [0.4, 0.5) is 0 Å². The molecule has 0 saturated carbocycles. The molecule has 0 rings (SSSR count). The first-order chi connectivity index (χ1) is 44.4. The molecule has 0 aliphatic carbocycles. The van der Waals surface area contributed by atoms with E-state index in [0.29, 0.717) is 25.7 Å². The van der Waals surface area contributed by atoms with Crippen molar-refractivity contribution in [1.29, 1.82) is 0 Å². The molecule has 0 spiro atoms. The van der Waals surface area contributed by atoms with E-state index in [0.717, 1.165) is 108 Å². The number of aliphatic hydroxyl groups is 1. The van der Waals surface area contributed by atoms with E-state index in [9.17, 15) is 43.2 Å². The van der Waals surface area contributed by atoms with E-state index in [1.807, 2.05) is 0 Å². The summed E-state index contributed by atoms with van der Waals surface area (Å²) >= 11 is 0. The molecule has 3 unspecified atom stereocenters. The van der Waals surface area contributed by atoms with Crippen molar-refractivity contribution in [3.8, 4) is 0 Å². The Balaban J connectivity index is 5.23. The van der Waals surface area contributed by atoms with Gasteiger partial charge in [0.15, 0.2) is 12.2 Å². The van der Waals surface area contributed by atoms with E-state index in [4.69, 9.17) is 37.0 Å². The summed E-state index contributed by atoms with van der Waals surface area (Å²) in [5, 5.41) is 10.6. The fourth-order valence-electron chi connectivity index (χ4n) is 11.1. The van der Waals surface area contributed by atoms with E-state index in [1.165, 1.54) is 186 Å². The van der Waals surface area contributed by atoms with Crippen LogP contribution in [0.2, 0.25) is 0 Å². The summed E-state index contributed by atoms with van der Waals surface area (Å²) in [6.45, 7) is 9.56. The summed E-state index contributed by atoms with van der Waals surface area (Å²) in [6, 6.07) is 0. The van der Waals surface area contributed by atoms with Gasteiger partial charge in [0, 0.05) is 25.7 Å². The third kappa shape index (κ3) is 65.4. The highest BCUT2D eigenvalue weighted by molar-refractivity contribution is 7.47. The van der Waals surface area contributed by atoms with Crippen LogP contribution in [0.3, 0.4) is 0 Å². The maximum atomic E-state index is 13.1. The van der Waals surface area contributed by atoms with E-state index in [1.54, 1.807) is 0 Å². The molecule has 0 amide bonds. The zero-order valence-corrected chi connectivity index (χ0v) is 61.6. The lowest BCUT2D eigenvalue weighted by molar-refractivity contribution is -0.161. The molecule has 0 saturated heterocycles. The van der Waals surface area contributed by atoms with Crippen LogP contribution in [-0.4, -0.2) is 96.7 Å². The van der Waals surface area contributed by atoms with Gasteiger partial charge in [0.25, 0.3) is 0 Å². The normalized spacial score (nSPS) is 14.4. The standard InChI is InChI=1S/C73H142O17P2/c1-7-10-12-14-16-18-20-28-32-36-43-49-55-70(75)83-61-68(89-73(78)58-52-46-38-34-30-26-24-22-23-25-27-31-35-41-47-53-65(4)5)63-87-91(79,80)85-59-67(74)60-86-92(81,82)88-64-69(62-84-71(76)56-50-44-40-39-42-48-54-66(6)9-3)90-72(77)57-51-45-37-33-29-21-19-17-15-13-11-8-2/h65-69,74H,7-64H2,1-6H3,(H,79,80)(H,81,82)/t66?,67-,68-,69-/m1/s1. The van der Waals surface area contributed by atoms with Crippen molar-refractivity contribution in [3.63, 3.8) is 0 Å². The zero-order chi connectivity index (χ0) is 67.9. The van der Waals surface area contributed by atoms with E-state index >= 15 is 0 Å². The summed E-state index contributed by atoms with van der Waals surface area (Å²) in [6.07, 6.45) is 51.2. The highest BCUT2D eigenvalue weighted by Crippen LogP contribution is 2.45. The summed E-state index contributed by atoms with van der Waals surface area (Å²) in [7, 11) is -9.90. The van der Waals surface area contributed by atoms with Gasteiger partial charge < -0.3 is 33.8 Å². The van der Waals surface area contributed by atoms with E-state index in [-0.39, 0.29) is 25.7 Å². The van der Waals surface area contributed by atoms with Gasteiger partial charge in [-0.3, -0.25) is 37.3 Å². The summed E-state index contributed by atoms with van der Waals surface area (Å²) in [4.78, 5) is 72.7. The molecule has 19 heteroatoms. The molecule has 546 valence electrons. The topological polar surface area (TPSA) is 237 Å². The van der Waals surface area contributed by atoms with Crippen LogP contribution in [0, 0.1) is 11.8 Å². The Hall–Kier alpha value is -1.94. The predicted molar refractivity (Wildman–Crippen MR) is 372 cm³/mol. The van der Waals surface area contributed by atoms with Crippen molar-refractivity contribution in [2.24, 2.45) is 11.8 Å². The molecule has 0 aromatic heterocycles. The first-order valence-electron chi connectivity index (χ1n) is 38.0. The average molecular weight is 1350 g/mol. The number of hydrogen-bond acceptors (Lipinski definition) is 15. The Bertz CT molecular complexity index is 1790. The monoisotopic (exact) mass is 1350 g/mol. The van der Waals surface area contributed by atoms with Gasteiger partial charge in [0.05, 0.1) is 26.4 Å². The second-order valence-corrected chi connectivity index (χ2v) is 30.0. The second kappa shape index (κ2) is 65.0. The highest BCUT2D eigenvalue weighted by atomic mass is 31.2. The zero-order valence-electron chi connectivity index (χ0n) is 59.9. The first-order valence-corrected chi connectivity index (χ1v) is 41.0. The van der Waals surface area contributed by atoms with Crippen molar-refractivity contribution < 1.29 is 80.2 Å². The van der Waals surface area contributed by atoms with Gasteiger partial charge in [0.2, 0.25) is 0 Å². The van der Waals surface area contributed by atoms with Crippen molar-refractivity contribution in [2.45, 2.75) is 394 Å². The predicted octanol–water partition coefficient (Wildman–Crippen LogP) is 21.2. The van der Waals surface area contributed by atoms with Crippen LogP contribution in [-0.2, 0) is 65.4 Å². The molecular formula is C73H142O17P2. The Kier molecular flexibility index (Phi) is 63.7. The SMILES string of the molecule is CCCCCCCCCCCCCCC(=O)OC[C@H](COP(=O)(O)OC[C@@H](O)COP(=O)(O)OC[C@@H](COC(=O)CCCCCCCCC(C)CC)OC(=O)CCCCCCCCCCCCCC)OC(=O)CCCCCCCCCCCCCCCCCC(C)C. The van der Waals surface area contributed by atoms with Crippen LogP contribution < -0.4 is 0 Å². The molecule has 0 aromatic carbocycles. The first kappa shape index (κ1) is 90.1. The number of rotatable bonds is 72. The number of ether oxygens (including phenoxy) is 4. The number of carbonyl (C=O) groups excluding carboxylic acids is 4. The maximum absolute atomic E-state index is 13.1. The van der Waals surface area contributed by atoms with Crippen LogP contribution >= 0.6 is 15.6 Å². The Labute approximate surface area is 562 Å². The minimum atomic E-state index is -4.95. The molecule has 92 heavy (non-hydrogen) atoms. The van der Waals surface area contributed by atoms with Gasteiger partial charge in [-0.2, -0.15) is 0 Å².